The monoisotopic (exact) mass is 417 g/mol. The van der Waals surface area contributed by atoms with E-state index in [1.54, 1.807) is 0 Å². The van der Waals surface area contributed by atoms with Gasteiger partial charge in [-0.2, -0.15) is 0 Å². The molecule has 1 aromatic heterocycles. The Morgan fingerprint density at radius 3 is 2.59 bits per heavy atom. The first-order chi connectivity index (χ1) is 14.0. The van der Waals surface area contributed by atoms with Crippen LogP contribution in [0, 0.1) is 23.7 Å². The van der Waals surface area contributed by atoms with Crippen LogP contribution in [0.25, 0.3) is 0 Å². The molecule has 1 amide bonds. The van der Waals surface area contributed by atoms with E-state index in [4.69, 9.17) is 4.74 Å². The lowest BCUT2D eigenvalue weighted by atomic mass is 9.82. The number of allylic oxidation sites excluding steroid dienone is 2. The maximum Gasteiger partial charge on any atom is 0.341 e. The van der Waals surface area contributed by atoms with Gasteiger partial charge >= 0.3 is 11.9 Å². The summed E-state index contributed by atoms with van der Waals surface area (Å²) in [5.74, 6) is -3.02. The first-order valence-electron chi connectivity index (χ1n) is 10.5. The van der Waals surface area contributed by atoms with Gasteiger partial charge in [-0.25, -0.2) is 4.79 Å². The van der Waals surface area contributed by atoms with E-state index in [0.717, 1.165) is 49.0 Å². The molecule has 0 radical (unpaired) electrons. The lowest BCUT2D eigenvalue weighted by Crippen LogP contribution is -2.36. The number of hydrogen-bond acceptors (Lipinski definition) is 5. The summed E-state index contributed by atoms with van der Waals surface area (Å²) >= 11 is 1.46. The van der Waals surface area contributed by atoms with Crippen molar-refractivity contribution in [1.29, 1.82) is 0 Å². The van der Waals surface area contributed by atoms with Gasteiger partial charge in [0.1, 0.15) is 5.00 Å². The topological polar surface area (TPSA) is 92.7 Å². The Morgan fingerprint density at radius 1 is 1.14 bits per heavy atom. The fourth-order valence-electron chi connectivity index (χ4n) is 5.03. The van der Waals surface area contributed by atoms with Crippen LogP contribution >= 0.6 is 11.3 Å². The summed E-state index contributed by atoms with van der Waals surface area (Å²) in [7, 11) is 0. The molecular formula is C22H27NO5S. The Balaban J connectivity index is 1.62. The Labute approximate surface area is 174 Å². The zero-order chi connectivity index (χ0) is 20.5. The van der Waals surface area contributed by atoms with Crippen LogP contribution in [0.1, 0.15) is 59.8 Å². The molecule has 3 aliphatic rings. The Kier molecular flexibility index (Phi) is 5.76. The number of carboxylic acid groups (broad SMARTS) is 1. The van der Waals surface area contributed by atoms with Gasteiger partial charge in [-0.15, -0.1) is 11.3 Å². The third kappa shape index (κ3) is 3.72. The van der Waals surface area contributed by atoms with E-state index in [-0.39, 0.29) is 23.7 Å². The van der Waals surface area contributed by atoms with Crippen molar-refractivity contribution in [3.63, 3.8) is 0 Å². The van der Waals surface area contributed by atoms with Gasteiger partial charge in [0, 0.05) is 4.88 Å². The van der Waals surface area contributed by atoms with Crippen molar-refractivity contribution >= 4 is 34.2 Å². The first-order valence-corrected chi connectivity index (χ1v) is 11.4. The van der Waals surface area contributed by atoms with Gasteiger partial charge in [-0.1, -0.05) is 25.5 Å². The molecule has 2 bridgehead atoms. The van der Waals surface area contributed by atoms with Crippen LogP contribution in [0.15, 0.2) is 12.2 Å². The lowest BCUT2D eigenvalue weighted by molar-refractivity contribution is -0.146. The SMILES string of the molecule is CCCOC(=O)c1c(NC(=O)C2C3C=CC(C3)C2C(=O)O)sc2c1CCCCC2. The van der Waals surface area contributed by atoms with E-state index in [1.165, 1.54) is 11.3 Å². The van der Waals surface area contributed by atoms with Crippen LogP contribution in [0.4, 0.5) is 5.00 Å². The number of anilines is 1. The molecule has 2 N–H and O–H groups in total. The van der Waals surface area contributed by atoms with Crippen molar-refractivity contribution < 1.29 is 24.2 Å². The molecule has 0 aliphatic heterocycles. The van der Waals surface area contributed by atoms with Gasteiger partial charge in [0.15, 0.2) is 0 Å². The Morgan fingerprint density at radius 2 is 1.86 bits per heavy atom. The fraction of sp³-hybridized carbons (Fsp3) is 0.591. The highest BCUT2D eigenvalue weighted by atomic mass is 32.1. The number of rotatable bonds is 6. The quantitative estimate of drug-likeness (QED) is 0.414. The van der Waals surface area contributed by atoms with Crippen molar-refractivity contribution in [3.8, 4) is 0 Å². The molecule has 1 aromatic rings. The minimum atomic E-state index is -0.924. The number of carbonyl (C=O) groups excluding carboxylic acids is 2. The molecule has 1 saturated carbocycles. The second-order valence-corrected chi connectivity index (χ2v) is 9.34. The van der Waals surface area contributed by atoms with E-state index in [2.05, 4.69) is 5.32 Å². The number of carbonyl (C=O) groups is 3. The smallest absolute Gasteiger partial charge is 0.341 e. The second kappa shape index (κ2) is 8.30. The Hall–Kier alpha value is -2.15. The van der Waals surface area contributed by atoms with E-state index < -0.39 is 17.8 Å². The summed E-state index contributed by atoms with van der Waals surface area (Å²) in [6, 6.07) is 0. The van der Waals surface area contributed by atoms with Gasteiger partial charge in [0.2, 0.25) is 5.91 Å². The normalized spacial score (nSPS) is 27.3. The standard InChI is InChI=1S/C22H27NO5S/c1-2-10-28-22(27)18-14-6-4-3-5-7-15(14)29-20(18)23-19(24)16-12-8-9-13(11-12)17(16)21(25)26/h8-9,12-13,16-17H,2-7,10-11H2,1H3,(H,23,24)(H,25,26). The number of nitrogens with one attached hydrogen (secondary N) is 1. The number of aliphatic carboxylic acids is 1. The van der Waals surface area contributed by atoms with Crippen molar-refractivity contribution in [2.75, 3.05) is 11.9 Å². The van der Waals surface area contributed by atoms with Crippen LogP contribution in [0.2, 0.25) is 0 Å². The fourth-order valence-corrected chi connectivity index (χ4v) is 6.31. The van der Waals surface area contributed by atoms with E-state index in [1.807, 2.05) is 19.1 Å². The van der Waals surface area contributed by atoms with Crippen LogP contribution in [-0.2, 0) is 27.2 Å². The number of carboxylic acids is 1. The molecule has 4 unspecified atom stereocenters. The van der Waals surface area contributed by atoms with Gasteiger partial charge < -0.3 is 15.2 Å². The predicted octanol–water partition coefficient (Wildman–Crippen LogP) is 4.05. The molecule has 0 saturated heterocycles. The molecule has 4 rings (SSSR count). The van der Waals surface area contributed by atoms with E-state index in [0.29, 0.717) is 23.6 Å². The minimum absolute atomic E-state index is 0.0469. The third-order valence-corrected chi connectivity index (χ3v) is 7.55. The van der Waals surface area contributed by atoms with Crippen LogP contribution in [0.5, 0.6) is 0 Å². The van der Waals surface area contributed by atoms with E-state index in [9.17, 15) is 19.5 Å². The molecule has 6 nitrogen and oxygen atoms in total. The zero-order valence-electron chi connectivity index (χ0n) is 16.6. The van der Waals surface area contributed by atoms with Crippen molar-refractivity contribution in [2.45, 2.75) is 51.9 Å². The van der Waals surface area contributed by atoms with Gasteiger partial charge in [-0.3, -0.25) is 9.59 Å². The zero-order valence-corrected chi connectivity index (χ0v) is 17.4. The molecule has 4 atom stereocenters. The number of thiophene rings is 1. The molecular weight excluding hydrogens is 390 g/mol. The highest BCUT2D eigenvalue weighted by Crippen LogP contribution is 2.49. The Bertz CT molecular complexity index is 858. The molecule has 156 valence electrons. The first kappa shape index (κ1) is 20.1. The summed E-state index contributed by atoms with van der Waals surface area (Å²) in [6.45, 7) is 2.29. The minimum Gasteiger partial charge on any atom is -0.481 e. The molecule has 29 heavy (non-hydrogen) atoms. The maximum absolute atomic E-state index is 13.1. The average molecular weight is 418 g/mol. The van der Waals surface area contributed by atoms with Crippen LogP contribution in [-0.4, -0.2) is 29.6 Å². The average Bonchev–Trinajstić information content (AvgIpc) is 3.35. The molecule has 0 spiro atoms. The maximum atomic E-state index is 13.1. The van der Waals surface area contributed by atoms with E-state index >= 15 is 0 Å². The van der Waals surface area contributed by atoms with Gasteiger partial charge in [0.25, 0.3) is 0 Å². The van der Waals surface area contributed by atoms with Crippen LogP contribution < -0.4 is 5.32 Å². The van der Waals surface area contributed by atoms with Crippen molar-refractivity contribution in [3.05, 3.63) is 28.2 Å². The lowest BCUT2D eigenvalue weighted by Gasteiger charge is -2.23. The summed E-state index contributed by atoms with van der Waals surface area (Å²) in [6.07, 6.45) is 10.3. The highest BCUT2D eigenvalue weighted by molar-refractivity contribution is 7.17. The summed E-state index contributed by atoms with van der Waals surface area (Å²) < 4.78 is 5.41. The largest absolute Gasteiger partial charge is 0.481 e. The molecule has 0 aromatic carbocycles. The number of amides is 1. The van der Waals surface area contributed by atoms with Gasteiger partial charge in [0.05, 0.1) is 24.0 Å². The summed E-state index contributed by atoms with van der Waals surface area (Å²) in [5, 5.41) is 13.1. The summed E-state index contributed by atoms with van der Waals surface area (Å²) in [4.78, 5) is 38.8. The molecule has 3 aliphatic carbocycles. The van der Waals surface area contributed by atoms with Crippen LogP contribution in [0.3, 0.4) is 0 Å². The highest BCUT2D eigenvalue weighted by Gasteiger charge is 2.51. The number of hydrogen-bond donors (Lipinski definition) is 2. The molecule has 1 fully saturated rings. The number of fused-ring (bicyclic) bond motifs is 3. The van der Waals surface area contributed by atoms with Crippen molar-refractivity contribution in [2.24, 2.45) is 23.7 Å². The van der Waals surface area contributed by atoms with Crippen molar-refractivity contribution in [1.82, 2.24) is 0 Å². The molecule has 1 heterocycles. The second-order valence-electron chi connectivity index (χ2n) is 8.23. The number of esters is 1. The predicted molar refractivity (Wildman–Crippen MR) is 110 cm³/mol. The molecule has 7 heteroatoms. The summed E-state index contributed by atoms with van der Waals surface area (Å²) in [5.41, 5.74) is 1.49. The van der Waals surface area contributed by atoms with Gasteiger partial charge in [-0.05, 0) is 55.9 Å². The number of ether oxygens (including phenoxy) is 1. The third-order valence-electron chi connectivity index (χ3n) is 6.35. The number of aryl methyl sites for hydroxylation is 1.